The number of nitrogens with two attached hydrogens (primary N) is 1. The van der Waals surface area contributed by atoms with Gasteiger partial charge in [0, 0.05) is 18.1 Å². The van der Waals surface area contributed by atoms with Crippen molar-refractivity contribution in [2.75, 3.05) is 26.2 Å². The van der Waals surface area contributed by atoms with Gasteiger partial charge >= 0.3 is 0 Å². The van der Waals surface area contributed by atoms with E-state index in [4.69, 9.17) is 22.1 Å². The quantitative estimate of drug-likeness (QED) is 0.803. The molecule has 0 aliphatic heterocycles. The maximum Gasteiger partial charge on any atom is 0.260 e. The van der Waals surface area contributed by atoms with Crippen LogP contribution in [-0.2, 0) is 4.79 Å². The summed E-state index contributed by atoms with van der Waals surface area (Å²) in [5.41, 5.74) is 5.66. The van der Waals surface area contributed by atoms with Crippen LogP contribution in [0.1, 0.15) is 27.2 Å². The molecule has 0 bridgehead atoms. The van der Waals surface area contributed by atoms with Crippen LogP contribution in [0.15, 0.2) is 24.3 Å². The van der Waals surface area contributed by atoms with Crippen molar-refractivity contribution in [3.63, 3.8) is 0 Å². The predicted molar refractivity (Wildman–Crippen MR) is 86.7 cm³/mol. The van der Waals surface area contributed by atoms with E-state index in [1.165, 1.54) is 0 Å². The van der Waals surface area contributed by atoms with Crippen LogP contribution in [-0.4, -0.2) is 37.0 Å². The van der Waals surface area contributed by atoms with Gasteiger partial charge in [-0.2, -0.15) is 0 Å². The van der Waals surface area contributed by atoms with Crippen molar-refractivity contribution in [3.05, 3.63) is 29.3 Å². The number of benzene rings is 1. The van der Waals surface area contributed by atoms with Gasteiger partial charge in [-0.3, -0.25) is 4.79 Å². The van der Waals surface area contributed by atoms with Gasteiger partial charge < -0.3 is 15.4 Å². The van der Waals surface area contributed by atoms with Gasteiger partial charge in [0.25, 0.3) is 5.91 Å². The number of carbonyl (C=O) groups excluding carboxylic acids is 1. The zero-order valence-corrected chi connectivity index (χ0v) is 13.8. The highest BCUT2D eigenvalue weighted by Gasteiger charge is 2.23. The summed E-state index contributed by atoms with van der Waals surface area (Å²) in [7, 11) is 0. The molecule has 1 aromatic carbocycles. The van der Waals surface area contributed by atoms with Crippen LogP contribution in [0.3, 0.4) is 0 Å². The van der Waals surface area contributed by atoms with Crippen LogP contribution in [0.4, 0.5) is 0 Å². The molecule has 0 aromatic heterocycles. The van der Waals surface area contributed by atoms with Crippen LogP contribution in [0.5, 0.6) is 5.75 Å². The number of carbonyl (C=O) groups is 1. The van der Waals surface area contributed by atoms with Gasteiger partial charge in [0.2, 0.25) is 0 Å². The monoisotopic (exact) mass is 312 g/mol. The molecule has 1 aromatic rings. The molecular weight excluding hydrogens is 288 g/mol. The fourth-order valence-corrected chi connectivity index (χ4v) is 2.04. The molecule has 0 radical (unpaired) electrons. The van der Waals surface area contributed by atoms with Gasteiger partial charge in [0.15, 0.2) is 6.61 Å². The van der Waals surface area contributed by atoms with E-state index in [0.29, 0.717) is 30.4 Å². The maximum absolute atomic E-state index is 12.3. The van der Waals surface area contributed by atoms with Crippen LogP contribution in [0, 0.1) is 5.41 Å². The molecule has 1 rings (SSSR count). The number of rotatable bonds is 8. The highest BCUT2D eigenvalue weighted by atomic mass is 35.5. The molecule has 0 aliphatic carbocycles. The largest absolute Gasteiger partial charge is 0.484 e. The normalized spacial score (nSPS) is 11.3. The van der Waals surface area contributed by atoms with Gasteiger partial charge in [0.05, 0.1) is 0 Å². The third-order valence-electron chi connectivity index (χ3n) is 3.19. The van der Waals surface area contributed by atoms with Crippen LogP contribution >= 0.6 is 11.6 Å². The van der Waals surface area contributed by atoms with E-state index < -0.39 is 0 Å². The van der Waals surface area contributed by atoms with E-state index in [9.17, 15) is 4.79 Å². The second-order valence-corrected chi connectivity index (χ2v) is 6.36. The molecule has 2 N–H and O–H groups in total. The fourth-order valence-electron chi connectivity index (χ4n) is 1.91. The molecule has 0 saturated heterocycles. The van der Waals surface area contributed by atoms with Gasteiger partial charge in [-0.1, -0.05) is 32.4 Å². The lowest BCUT2D eigenvalue weighted by Gasteiger charge is -2.31. The van der Waals surface area contributed by atoms with Crippen LogP contribution in [0.25, 0.3) is 0 Å². The molecule has 0 spiro atoms. The summed E-state index contributed by atoms with van der Waals surface area (Å²) in [5.74, 6) is 0.621. The van der Waals surface area contributed by atoms with E-state index >= 15 is 0 Å². The van der Waals surface area contributed by atoms with Crippen molar-refractivity contribution in [1.82, 2.24) is 4.90 Å². The molecule has 0 aliphatic rings. The van der Waals surface area contributed by atoms with Crippen molar-refractivity contribution in [2.45, 2.75) is 27.2 Å². The van der Waals surface area contributed by atoms with Crippen molar-refractivity contribution < 1.29 is 9.53 Å². The fraction of sp³-hybridized carbons (Fsp3) is 0.562. The SMILES string of the molecule is CCCN(CC(C)(C)CN)C(=O)COc1ccc(Cl)cc1. The first-order chi connectivity index (χ1) is 9.88. The molecule has 0 atom stereocenters. The Morgan fingerprint density at radius 1 is 1.33 bits per heavy atom. The standard InChI is InChI=1S/C16H25ClN2O2/c1-4-9-19(12-16(2,3)11-18)15(20)10-21-14-7-5-13(17)6-8-14/h5-8H,4,9-12,18H2,1-3H3. The van der Waals surface area contributed by atoms with Gasteiger partial charge in [-0.15, -0.1) is 0 Å². The molecule has 4 nitrogen and oxygen atoms in total. The first kappa shape index (κ1) is 17.8. The highest BCUT2D eigenvalue weighted by molar-refractivity contribution is 6.30. The van der Waals surface area contributed by atoms with Crippen molar-refractivity contribution in [3.8, 4) is 5.75 Å². The Morgan fingerprint density at radius 2 is 1.95 bits per heavy atom. The first-order valence-corrected chi connectivity index (χ1v) is 7.62. The molecular formula is C16H25ClN2O2. The van der Waals surface area contributed by atoms with E-state index in [1.54, 1.807) is 24.3 Å². The predicted octanol–water partition coefficient (Wildman–Crippen LogP) is 2.94. The Bertz CT molecular complexity index is 446. The number of ether oxygens (including phenoxy) is 1. The first-order valence-electron chi connectivity index (χ1n) is 7.24. The lowest BCUT2D eigenvalue weighted by atomic mass is 9.93. The maximum atomic E-state index is 12.3. The number of hydrogen-bond donors (Lipinski definition) is 1. The average Bonchev–Trinajstić information content (AvgIpc) is 2.46. The zero-order valence-electron chi connectivity index (χ0n) is 13.1. The van der Waals surface area contributed by atoms with Gasteiger partial charge in [-0.25, -0.2) is 0 Å². The van der Waals surface area contributed by atoms with Crippen molar-refractivity contribution in [2.24, 2.45) is 11.1 Å². The number of amides is 1. The Labute approximate surface area is 132 Å². The summed E-state index contributed by atoms with van der Waals surface area (Å²) in [6.07, 6.45) is 0.910. The molecule has 21 heavy (non-hydrogen) atoms. The minimum absolute atomic E-state index is 0.0201. The molecule has 1 amide bonds. The minimum atomic E-state index is -0.0922. The Kier molecular flexibility index (Phi) is 6.99. The summed E-state index contributed by atoms with van der Waals surface area (Å²) in [6, 6.07) is 6.98. The molecule has 0 saturated carbocycles. The summed E-state index contributed by atoms with van der Waals surface area (Å²) in [4.78, 5) is 14.1. The lowest BCUT2D eigenvalue weighted by Crippen LogP contribution is -2.44. The second-order valence-electron chi connectivity index (χ2n) is 5.93. The number of hydrogen-bond acceptors (Lipinski definition) is 3. The number of nitrogens with zero attached hydrogens (tertiary/aromatic N) is 1. The Morgan fingerprint density at radius 3 is 2.48 bits per heavy atom. The average molecular weight is 313 g/mol. The van der Waals surface area contributed by atoms with E-state index in [-0.39, 0.29) is 17.9 Å². The van der Waals surface area contributed by atoms with Gasteiger partial charge in [-0.05, 0) is 42.6 Å². The molecule has 0 fully saturated rings. The number of halogens is 1. The molecule has 0 heterocycles. The van der Waals surface area contributed by atoms with E-state index in [1.807, 2.05) is 4.90 Å². The Balaban J connectivity index is 2.58. The zero-order chi connectivity index (χ0) is 15.9. The van der Waals surface area contributed by atoms with E-state index in [2.05, 4.69) is 20.8 Å². The highest BCUT2D eigenvalue weighted by Crippen LogP contribution is 2.17. The lowest BCUT2D eigenvalue weighted by molar-refractivity contribution is -0.134. The summed E-state index contributed by atoms with van der Waals surface area (Å²) >= 11 is 5.81. The summed E-state index contributed by atoms with van der Waals surface area (Å²) in [6.45, 7) is 8.09. The van der Waals surface area contributed by atoms with Crippen LogP contribution in [0.2, 0.25) is 5.02 Å². The van der Waals surface area contributed by atoms with Gasteiger partial charge in [0.1, 0.15) is 5.75 Å². The Hall–Kier alpha value is -1.26. The minimum Gasteiger partial charge on any atom is -0.484 e. The van der Waals surface area contributed by atoms with E-state index in [0.717, 1.165) is 6.42 Å². The third kappa shape index (κ3) is 6.36. The smallest absolute Gasteiger partial charge is 0.260 e. The summed E-state index contributed by atoms with van der Waals surface area (Å²) in [5, 5.41) is 0.644. The molecule has 5 heteroatoms. The second kappa shape index (κ2) is 8.25. The molecule has 118 valence electrons. The van der Waals surface area contributed by atoms with Crippen LogP contribution < -0.4 is 10.5 Å². The topological polar surface area (TPSA) is 55.6 Å². The molecule has 0 unspecified atom stereocenters. The van der Waals surface area contributed by atoms with Crippen molar-refractivity contribution in [1.29, 1.82) is 0 Å². The third-order valence-corrected chi connectivity index (χ3v) is 3.45. The van der Waals surface area contributed by atoms with Crippen molar-refractivity contribution >= 4 is 17.5 Å². The summed E-state index contributed by atoms with van der Waals surface area (Å²) < 4.78 is 5.52.